The molecule has 0 aliphatic heterocycles. The van der Waals surface area contributed by atoms with Gasteiger partial charge in [0.15, 0.2) is 5.03 Å². The predicted octanol–water partition coefficient (Wildman–Crippen LogP) is 0.499. The number of halogens is 3. The van der Waals surface area contributed by atoms with Crippen molar-refractivity contribution in [3.8, 4) is 11.8 Å². The van der Waals surface area contributed by atoms with Gasteiger partial charge in [0, 0.05) is 6.07 Å². The minimum absolute atomic E-state index is 0.508. The zero-order valence-corrected chi connectivity index (χ0v) is 8.71. The SMILES string of the molecule is N#Cc1cc(OC(F)(F)F)cnc1S(N)(=O)=O. The molecule has 6 nitrogen and oxygen atoms in total. The van der Waals surface area contributed by atoms with E-state index in [-0.39, 0.29) is 0 Å². The largest absolute Gasteiger partial charge is 0.573 e. The van der Waals surface area contributed by atoms with Gasteiger partial charge in [-0.3, -0.25) is 0 Å². The van der Waals surface area contributed by atoms with Crippen molar-refractivity contribution in [2.75, 3.05) is 0 Å². The lowest BCUT2D eigenvalue weighted by Gasteiger charge is -2.09. The Morgan fingerprint density at radius 1 is 1.47 bits per heavy atom. The van der Waals surface area contributed by atoms with Gasteiger partial charge in [-0.15, -0.1) is 13.2 Å². The van der Waals surface area contributed by atoms with Gasteiger partial charge in [0.05, 0.1) is 11.8 Å². The Bertz CT molecular complexity index is 576. The Hall–Kier alpha value is -1.86. The number of hydrogen-bond acceptors (Lipinski definition) is 5. The molecule has 10 heteroatoms. The summed E-state index contributed by atoms with van der Waals surface area (Å²) in [5, 5.41) is 12.5. The fourth-order valence-corrected chi connectivity index (χ4v) is 1.54. The molecule has 1 aromatic rings. The van der Waals surface area contributed by atoms with Crippen LogP contribution in [0.2, 0.25) is 0 Å². The zero-order chi connectivity index (χ0) is 13.3. The highest BCUT2D eigenvalue weighted by atomic mass is 32.2. The number of ether oxygens (including phenoxy) is 1. The number of hydrogen-bond donors (Lipinski definition) is 1. The van der Waals surface area contributed by atoms with E-state index in [2.05, 4.69) is 9.72 Å². The van der Waals surface area contributed by atoms with E-state index in [1.54, 1.807) is 0 Å². The Labute approximate surface area is 93.5 Å². The molecule has 0 radical (unpaired) electrons. The lowest BCUT2D eigenvalue weighted by molar-refractivity contribution is -0.274. The maximum absolute atomic E-state index is 11.8. The predicted molar refractivity (Wildman–Crippen MR) is 47.0 cm³/mol. The summed E-state index contributed by atoms with van der Waals surface area (Å²) >= 11 is 0. The van der Waals surface area contributed by atoms with E-state index < -0.39 is 32.7 Å². The molecule has 1 rings (SSSR count). The molecule has 0 saturated carbocycles. The molecule has 0 aromatic carbocycles. The van der Waals surface area contributed by atoms with Crippen LogP contribution < -0.4 is 9.88 Å². The van der Waals surface area contributed by atoms with Crippen molar-refractivity contribution in [2.24, 2.45) is 5.14 Å². The zero-order valence-electron chi connectivity index (χ0n) is 7.89. The molecule has 0 bridgehead atoms. The molecule has 0 fully saturated rings. The lowest BCUT2D eigenvalue weighted by atomic mass is 10.3. The van der Waals surface area contributed by atoms with Gasteiger partial charge < -0.3 is 4.74 Å². The van der Waals surface area contributed by atoms with Crippen LogP contribution in [-0.2, 0) is 10.0 Å². The number of rotatable bonds is 2. The minimum Gasteiger partial charge on any atom is -0.404 e. The Morgan fingerprint density at radius 2 is 2.06 bits per heavy atom. The van der Waals surface area contributed by atoms with Gasteiger partial charge in [-0.2, -0.15) is 5.26 Å². The number of nitriles is 1. The molecule has 17 heavy (non-hydrogen) atoms. The summed E-state index contributed by atoms with van der Waals surface area (Å²) in [5.41, 5.74) is -0.630. The van der Waals surface area contributed by atoms with Gasteiger partial charge in [0.2, 0.25) is 0 Å². The summed E-state index contributed by atoms with van der Waals surface area (Å²) in [6.45, 7) is 0. The van der Waals surface area contributed by atoms with Crippen molar-refractivity contribution < 1.29 is 26.3 Å². The number of nitrogens with two attached hydrogens (primary N) is 1. The third kappa shape index (κ3) is 3.58. The molecule has 0 atom stereocenters. The first-order chi connectivity index (χ1) is 7.63. The summed E-state index contributed by atoms with van der Waals surface area (Å²) < 4.78 is 60.8. The second-order valence-electron chi connectivity index (χ2n) is 2.73. The van der Waals surface area contributed by atoms with Gasteiger partial charge >= 0.3 is 6.36 Å². The highest BCUT2D eigenvalue weighted by molar-refractivity contribution is 7.89. The Balaban J connectivity index is 3.25. The maximum Gasteiger partial charge on any atom is 0.573 e. The third-order valence-electron chi connectivity index (χ3n) is 1.45. The van der Waals surface area contributed by atoms with Crippen molar-refractivity contribution in [3.63, 3.8) is 0 Å². The van der Waals surface area contributed by atoms with Gasteiger partial charge in [0.25, 0.3) is 10.0 Å². The van der Waals surface area contributed by atoms with E-state index in [9.17, 15) is 21.6 Å². The number of sulfonamides is 1. The standard InChI is InChI=1S/C7H4F3N3O3S/c8-7(9,10)16-5-1-4(2-11)6(13-3-5)17(12,14)15/h1,3H,(H2,12,14,15). The monoisotopic (exact) mass is 267 g/mol. The van der Waals surface area contributed by atoms with Crippen molar-refractivity contribution in [2.45, 2.75) is 11.4 Å². The molecule has 1 heterocycles. The van der Waals surface area contributed by atoms with Crippen LogP contribution in [0.4, 0.5) is 13.2 Å². The summed E-state index contributed by atoms with van der Waals surface area (Å²) in [6, 6.07) is 1.94. The molecule has 1 aromatic heterocycles. The number of primary sulfonamides is 1. The highest BCUT2D eigenvalue weighted by Gasteiger charge is 2.32. The average molecular weight is 267 g/mol. The fraction of sp³-hybridized carbons (Fsp3) is 0.143. The minimum atomic E-state index is -4.96. The summed E-state index contributed by atoms with van der Waals surface area (Å²) in [6.07, 6.45) is -4.45. The second-order valence-corrected chi connectivity index (χ2v) is 4.21. The molecular formula is C7H4F3N3O3S. The van der Waals surface area contributed by atoms with E-state index in [0.29, 0.717) is 12.3 Å². The normalized spacial score (nSPS) is 11.9. The smallest absolute Gasteiger partial charge is 0.404 e. The van der Waals surface area contributed by atoms with Crippen LogP contribution in [0.15, 0.2) is 17.3 Å². The summed E-state index contributed by atoms with van der Waals surface area (Å²) in [5.74, 6) is -0.804. The average Bonchev–Trinajstić information content (AvgIpc) is 2.13. The van der Waals surface area contributed by atoms with E-state index >= 15 is 0 Å². The van der Waals surface area contributed by atoms with E-state index in [1.165, 1.54) is 6.07 Å². The lowest BCUT2D eigenvalue weighted by Crippen LogP contribution is -2.19. The quantitative estimate of drug-likeness (QED) is 0.839. The second kappa shape index (κ2) is 4.19. The molecule has 0 aliphatic carbocycles. The van der Waals surface area contributed by atoms with Crippen LogP contribution in [0, 0.1) is 11.3 Å². The van der Waals surface area contributed by atoms with Gasteiger partial charge in [-0.05, 0) is 0 Å². The molecule has 0 amide bonds. The van der Waals surface area contributed by atoms with Crippen LogP contribution in [0.1, 0.15) is 5.56 Å². The molecule has 92 valence electrons. The molecule has 0 saturated heterocycles. The first kappa shape index (κ1) is 13.2. The number of nitrogens with zero attached hydrogens (tertiary/aromatic N) is 2. The molecule has 0 unspecified atom stereocenters. The van der Waals surface area contributed by atoms with Crippen LogP contribution in [0.5, 0.6) is 5.75 Å². The van der Waals surface area contributed by atoms with E-state index in [0.717, 1.165) is 0 Å². The Kier molecular flexibility index (Phi) is 3.25. The number of pyridine rings is 1. The van der Waals surface area contributed by atoms with Crippen LogP contribution in [-0.4, -0.2) is 19.8 Å². The molecule has 0 spiro atoms. The topological polar surface area (TPSA) is 106 Å². The molecule has 0 aliphatic rings. The van der Waals surface area contributed by atoms with Crippen molar-refractivity contribution in [3.05, 3.63) is 17.8 Å². The Morgan fingerprint density at radius 3 is 2.47 bits per heavy atom. The molecular weight excluding hydrogens is 263 g/mol. The van der Waals surface area contributed by atoms with E-state index in [1.807, 2.05) is 0 Å². The van der Waals surface area contributed by atoms with Gasteiger partial charge in [-0.25, -0.2) is 18.5 Å². The van der Waals surface area contributed by atoms with Crippen LogP contribution >= 0.6 is 0 Å². The number of aromatic nitrogens is 1. The first-order valence-corrected chi connectivity index (χ1v) is 5.37. The van der Waals surface area contributed by atoms with Crippen molar-refractivity contribution >= 4 is 10.0 Å². The third-order valence-corrected chi connectivity index (χ3v) is 2.31. The summed E-state index contributed by atoms with van der Waals surface area (Å²) in [7, 11) is -4.28. The van der Waals surface area contributed by atoms with Crippen molar-refractivity contribution in [1.29, 1.82) is 5.26 Å². The van der Waals surface area contributed by atoms with Crippen LogP contribution in [0.25, 0.3) is 0 Å². The van der Waals surface area contributed by atoms with E-state index in [4.69, 9.17) is 10.4 Å². The van der Waals surface area contributed by atoms with Gasteiger partial charge in [-0.1, -0.05) is 0 Å². The summed E-state index contributed by atoms with van der Waals surface area (Å²) in [4.78, 5) is 3.14. The highest BCUT2D eigenvalue weighted by Crippen LogP contribution is 2.24. The maximum atomic E-state index is 11.8. The van der Waals surface area contributed by atoms with Crippen molar-refractivity contribution in [1.82, 2.24) is 4.98 Å². The molecule has 2 N–H and O–H groups in total. The number of alkyl halides is 3. The first-order valence-electron chi connectivity index (χ1n) is 3.82. The van der Waals surface area contributed by atoms with Gasteiger partial charge in [0.1, 0.15) is 11.8 Å². The fourth-order valence-electron chi connectivity index (χ4n) is 0.929. The van der Waals surface area contributed by atoms with Crippen LogP contribution in [0.3, 0.4) is 0 Å².